The molecule has 0 spiro atoms. The number of carbonyl (C=O) groups excluding carboxylic acids is 1. The van der Waals surface area contributed by atoms with Gasteiger partial charge in [-0.1, -0.05) is 30.3 Å². The largest absolute Gasteiger partial charge is 0.394 e. The number of fused-ring (bicyclic) bond motifs is 1. The van der Waals surface area contributed by atoms with Gasteiger partial charge in [0.25, 0.3) is 0 Å². The van der Waals surface area contributed by atoms with Crippen LogP contribution in [0.3, 0.4) is 0 Å². The maximum Gasteiger partial charge on any atom is 0.224 e. The smallest absolute Gasteiger partial charge is 0.224 e. The van der Waals surface area contributed by atoms with Gasteiger partial charge < -0.3 is 20.2 Å². The highest BCUT2D eigenvalue weighted by atomic mass is 16.3. The Bertz CT molecular complexity index is 478. The number of hydrogen-bond acceptors (Lipinski definition) is 4. The lowest BCUT2D eigenvalue weighted by Crippen LogP contribution is -2.41. The van der Waals surface area contributed by atoms with Crippen LogP contribution in [0.25, 0.3) is 0 Å². The molecular weight excluding hydrogens is 246 g/mol. The van der Waals surface area contributed by atoms with Crippen LogP contribution in [0.4, 0.5) is 0 Å². The summed E-state index contributed by atoms with van der Waals surface area (Å²) < 4.78 is 0. The molecule has 0 bridgehead atoms. The third-order valence-electron chi connectivity index (χ3n) is 4.28. The number of rotatable bonds is 2. The Labute approximate surface area is 111 Å². The minimum atomic E-state index is -1.08. The standard InChI is InChI=1S/C14H17NO4/c16-7-10-13(18)14(19)12-9(6-11(17)15(10)12)8-4-2-1-3-5-8/h1-5,9-10,12-14,16,18-19H,6-7H2/t9-,10-,12+,13+,14+/m0/s1. The van der Waals surface area contributed by atoms with Crippen molar-refractivity contribution in [2.24, 2.45) is 0 Å². The van der Waals surface area contributed by atoms with E-state index in [0.29, 0.717) is 6.42 Å². The molecular formula is C14H17NO4. The molecule has 3 N–H and O–H groups in total. The Hall–Kier alpha value is -1.43. The number of aliphatic hydroxyl groups is 3. The third kappa shape index (κ3) is 1.77. The van der Waals surface area contributed by atoms with Crippen molar-refractivity contribution in [1.82, 2.24) is 4.90 Å². The van der Waals surface area contributed by atoms with Gasteiger partial charge in [0.2, 0.25) is 5.91 Å². The summed E-state index contributed by atoms with van der Waals surface area (Å²) in [6.45, 7) is -0.331. The second kappa shape index (κ2) is 4.59. The van der Waals surface area contributed by atoms with E-state index in [0.717, 1.165) is 5.56 Å². The van der Waals surface area contributed by atoms with Gasteiger partial charge in [-0.3, -0.25) is 4.79 Å². The summed E-state index contributed by atoms with van der Waals surface area (Å²) in [5.41, 5.74) is 0.980. The Balaban J connectivity index is 1.97. The SMILES string of the molecule is O=C1C[C@@H](c2ccccc2)[C@@H]2[C@@H](O)[C@H](O)[C@H](CO)N12. The average Bonchev–Trinajstić information content (AvgIpc) is 2.89. The molecule has 5 nitrogen and oxygen atoms in total. The molecule has 5 atom stereocenters. The van der Waals surface area contributed by atoms with Gasteiger partial charge in [-0.2, -0.15) is 0 Å². The molecule has 0 aromatic heterocycles. The molecule has 0 unspecified atom stereocenters. The Morgan fingerprint density at radius 2 is 1.84 bits per heavy atom. The number of benzene rings is 1. The molecule has 1 aromatic carbocycles. The number of hydrogen-bond donors (Lipinski definition) is 3. The number of amides is 1. The lowest BCUT2D eigenvalue weighted by atomic mass is 9.88. The first kappa shape index (κ1) is 12.6. The van der Waals surface area contributed by atoms with Crippen molar-refractivity contribution < 1.29 is 20.1 Å². The van der Waals surface area contributed by atoms with E-state index in [4.69, 9.17) is 0 Å². The Morgan fingerprint density at radius 3 is 2.47 bits per heavy atom. The van der Waals surface area contributed by atoms with Gasteiger partial charge in [-0.05, 0) is 5.56 Å². The van der Waals surface area contributed by atoms with Gasteiger partial charge in [-0.15, -0.1) is 0 Å². The summed E-state index contributed by atoms with van der Waals surface area (Å²) in [4.78, 5) is 13.6. The minimum Gasteiger partial charge on any atom is -0.394 e. The second-order valence-electron chi connectivity index (χ2n) is 5.24. The zero-order chi connectivity index (χ0) is 13.6. The van der Waals surface area contributed by atoms with Crippen LogP contribution in [0.15, 0.2) is 30.3 Å². The molecule has 0 aliphatic carbocycles. The van der Waals surface area contributed by atoms with Gasteiger partial charge in [0, 0.05) is 12.3 Å². The van der Waals surface area contributed by atoms with E-state index in [-0.39, 0.29) is 18.4 Å². The van der Waals surface area contributed by atoms with Crippen LogP contribution in [0.1, 0.15) is 17.9 Å². The summed E-state index contributed by atoms with van der Waals surface area (Å²) in [6, 6.07) is 8.39. The molecule has 5 heteroatoms. The van der Waals surface area contributed by atoms with E-state index in [9.17, 15) is 20.1 Å². The Kier molecular flexibility index (Phi) is 3.05. The van der Waals surface area contributed by atoms with Crippen molar-refractivity contribution in [3.05, 3.63) is 35.9 Å². The molecule has 1 amide bonds. The Morgan fingerprint density at radius 1 is 1.16 bits per heavy atom. The van der Waals surface area contributed by atoms with Gasteiger partial charge in [-0.25, -0.2) is 0 Å². The fourth-order valence-corrected chi connectivity index (χ4v) is 3.39. The monoisotopic (exact) mass is 263 g/mol. The predicted octanol–water partition coefficient (Wildman–Crippen LogP) is -0.533. The minimum absolute atomic E-state index is 0.117. The molecule has 1 aromatic rings. The fourth-order valence-electron chi connectivity index (χ4n) is 3.39. The number of aliphatic hydroxyl groups excluding tert-OH is 3. The maximum atomic E-state index is 12.1. The molecule has 2 fully saturated rings. The van der Waals surface area contributed by atoms with Gasteiger partial charge in [0.15, 0.2) is 0 Å². The zero-order valence-corrected chi connectivity index (χ0v) is 10.4. The van der Waals surface area contributed by atoms with E-state index in [1.54, 1.807) is 0 Å². The van der Waals surface area contributed by atoms with Crippen molar-refractivity contribution in [3.8, 4) is 0 Å². The van der Waals surface area contributed by atoms with E-state index in [1.807, 2.05) is 30.3 Å². The van der Waals surface area contributed by atoms with Gasteiger partial charge in [0.05, 0.1) is 18.7 Å². The van der Waals surface area contributed by atoms with E-state index in [2.05, 4.69) is 0 Å². The molecule has 2 saturated heterocycles. The molecule has 3 rings (SSSR count). The van der Waals surface area contributed by atoms with Crippen LogP contribution in [-0.4, -0.2) is 57.0 Å². The first-order chi connectivity index (χ1) is 9.15. The van der Waals surface area contributed by atoms with Crippen LogP contribution in [-0.2, 0) is 4.79 Å². The van der Waals surface area contributed by atoms with E-state index >= 15 is 0 Å². The summed E-state index contributed by atoms with van der Waals surface area (Å²) in [5.74, 6) is -0.247. The molecule has 0 saturated carbocycles. The topological polar surface area (TPSA) is 81.0 Å². The van der Waals surface area contributed by atoms with E-state index in [1.165, 1.54) is 4.90 Å². The summed E-state index contributed by atoms with van der Waals surface area (Å²) in [5, 5.41) is 29.4. The lowest BCUT2D eigenvalue weighted by molar-refractivity contribution is -0.131. The summed E-state index contributed by atoms with van der Waals surface area (Å²) >= 11 is 0. The van der Waals surface area contributed by atoms with Gasteiger partial charge in [0.1, 0.15) is 12.2 Å². The van der Waals surface area contributed by atoms with Crippen LogP contribution >= 0.6 is 0 Å². The van der Waals surface area contributed by atoms with Crippen molar-refractivity contribution in [1.29, 1.82) is 0 Å². The summed E-state index contributed by atoms with van der Waals surface area (Å²) in [6.07, 6.45) is -1.77. The summed E-state index contributed by atoms with van der Waals surface area (Å²) in [7, 11) is 0. The molecule has 102 valence electrons. The highest BCUT2D eigenvalue weighted by Gasteiger charge is 2.56. The number of carbonyl (C=O) groups is 1. The van der Waals surface area contributed by atoms with Crippen LogP contribution in [0.5, 0.6) is 0 Å². The molecule has 2 aliphatic heterocycles. The van der Waals surface area contributed by atoms with Crippen molar-refractivity contribution in [3.63, 3.8) is 0 Å². The third-order valence-corrected chi connectivity index (χ3v) is 4.28. The normalized spacial score (nSPS) is 37.7. The fraction of sp³-hybridized carbons (Fsp3) is 0.500. The van der Waals surface area contributed by atoms with Crippen LogP contribution < -0.4 is 0 Å². The van der Waals surface area contributed by atoms with Crippen molar-refractivity contribution in [2.75, 3.05) is 6.61 Å². The zero-order valence-electron chi connectivity index (χ0n) is 10.4. The first-order valence-electron chi connectivity index (χ1n) is 6.48. The molecule has 2 aliphatic rings. The predicted molar refractivity (Wildman–Crippen MR) is 67.3 cm³/mol. The van der Waals surface area contributed by atoms with Gasteiger partial charge >= 0.3 is 0 Å². The van der Waals surface area contributed by atoms with Crippen molar-refractivity contribution in [2.45, 2.75) is 36.6 Å². The molecule has 2 heterocycles. The van der Waals surface area contributed by atoms with Crippen molar-refractivity contribution >= 4 is 5.91 Å². The van der Waals surface area contributed by atoms with Crippen LogP contribution in [0, 0.1) is 0 Å². The highest BCUT2D eigenvalue weighted by Crippen LogP contribution is 2.42. The first-order valence-corrected chi connectivity index (χ1v) is 6.48. The second-order valence-corrected chi connectivity index (χ2v) is 5.24. The quantitative estimate of drug-likeness (QED) is 0.670. The van der Waals surface area contributed by atoms with E-state index < -0.39 is 24.3 Å². The maximum absolute atomic E-state index is 12.1. The lowest BCUT2D eigenvalue weighted by Gasteiger charge is -2.25. The van der Waals surface area contributed by atoms with Crippen LogP contribution in [0.2, 0.25) is 0 Å². The average molecular weight is 263 g/mol. The molecule has 19 heavy (non-hydrogen) atoms. The highest BCUT2D eigenvalue weighted by molar-refractivity contribution is 5.82. The molecule has 0 radical (unpaired) electrons. The number of nitrogens with zero attached hydrogens (tertiary/aromatic N) is 1.